The Hall–Kier alpha value is -0.760. The first-order valence-corrected chi connectivity index (χ1v) is 7.36. The second kappa shape index (κ2) is 6.42. The van der Waals surface area contributed by atoms with Gasteiger partial charge in [-0.15, -0.1) is 11.6 Å². The van der Waals surface area contributed by atoms with Crippen LogP contribution in [0.5, 0.6) is 0 Å². The highest BCUT2D eigenvalue weighted by Crippen LogP contribution is 2.26. The fourth-order valence-corrected chi connectivity index (χ4v) is 2.88. The van der Waals surface area contributed by atoms with Crippen molar-refractivity contribution in [3.8, 4) is 0 Å². The third kappa shape index (κ3) is 3.38. The average molecular weight is 270 g/mol. The van der Waals surface area contributed by atoms with Gasteiger partial charge in [0.1, 0.15) is 5.82 Å². The third-order valence-corrected chi connectivity index (χ3v) is 4.20. The molecule has 18 heavy (non-hydrogen) atoms. The largest absolute Gasteiger partial charge is 0.371 e. The van der Waals surface area contributed by atoms with Crippen LogP contribution in [0, 0.1) is 11.7 Å². The van der Waals surface area contributed by atoms with Gasteiger partial charge in [0.2, 0.25) is 0 Å². The molecule has 1 aromatic rings. The smallest absolute Gasteiger partial charge is 0.125 e. The molecule has 1 aliphatic rings. The fraction of sp³-hybridized carbons (Fsp3) is 0.600. The van der Waals surface area contributed by atoms with Crippen molar-refractivity contribution < 1.29 is 4.39 Å². The first kappa shape index (κ1) is 13.7. The summed E-state index contributed by atoms with van der Waals surface area (Å²) in [6.07, 6.45) is 4.96. The minimum absolute atomic E-state index is 0.181. The van der Waals surface area contributed by atoms with Gasteiger partial charge < -0.3 is 4.90 Å². The van der Waals surface area contributed by atoms with Crippen LogP contribution in [0.25, 0.3) is 0 Å². The van der Waals surface area contributed by atoms with Crippen LogP contribution in [0.4, 0.5) is 10.1 Å². The molecular weight excluding hydrogens is 249 g/mol. The molecule has 1 aromatic carbocycles. The van der Waals surface area contributed by atoms with Crippen molar-refractivity contribution in [3.63, 3.8) is 0 Å². The molecule has 0 amide bonds. The van der Waals surface area contributed by atoms with E-state index in [0.717, 1.165) is 30.3 Å². The zero-order valence-electron chi connectivity index (χ0n) is 11.0. The van der Waals surface area contributed by atoms with Gasteiger partial charge in [0.05, 0.1) is 0 Å². The van der Waals surface area contributed by atoms with E-state index in [2.05, 4.69) is 11.8 Å². The second-order valence-electron chi connectivity index (χ2n) is 5.14. The summed E-state index contributed by atoms with van der Waals surface area (Å²) >= 11 is 5.80. The van der Waals surface area contributed by atoms with Gasteiger partial charge in [-0.3, -0.25) is 0 Å². The normalized spacial score (nSPS) is 20.8. The summed E-state index contributed by atoms with van der Waals surface area (Å²) in [5.41, 5.74) is 1.85. The van der Waals surface area contributed by atoms with Crippen molar-refractivity contribution in [1.29, 1.82) is 0 Å². The van der Waals surface area contributed by atoms with Crippen LogP contribution < -0.4 is 4.90 Å². The van der Waals surface area contributed by atoms with Crippen LogP contribution in [-0.2, 0) is 5.88 Å². The molecule has 1 aliphatic heterocycles. The summed E-state index contributed by atoms with van der Waals surface area (Å²) in [6.45, 7) is 4.32. The zero-order valence-corrected chi connectivity index (χ0v) is 11.7. The molecule has 1 heterocycles. The summed E-state index contributed by atoms with van der Waals surface area (Å²) in [4.78, 5) is 2.30. The first-order chi connectivity index (χ1) is 8.72. The Bertz CT molecular complexity index is 394. The minimum atomic E-state index is -0.181. The molecule has 1 atom stereocenters. The lowest BCUT2D eigenvalue weighted by molar-refractivity contribution is 0.459. The molecule has 100 valence electrons. The summed E-state index contributed by atoms with van der Waals surface area (Å²) < 4.78 is 13.5. The maximum Gasteiger partial charge on any atom is 0.125 e. The molecule has 0 radical (unpaired) electrons. The molecule has 0 aromatic heterocycles. The Labute approximate surface area is 114 Å². The molecule has 1 fully saturated rings. The molecule has 0 bridgehead atoms. The van der Waals surface area contributed by atoms with E-state index in [1.807, 2.05) is 6.07 Å². The van der Waals surface area contributed by atoms with E-state index in [9.17, 15) is 4.39 Å². The number of hydrogen-bond acceptors (Lipinski definition) is 1. The SMILES string of the molecule is CCC1CCCN(c2cc(F)cc(CCl)c2)CC1. The van der Waals surface area contributed by atoms with E-state index in [0.29, 0.717) is 5.88 Å². The Morgan fingerprint density at radius 2 is 2.11 bits per heavy atom. The second-order valence-corrected chi connectivity index (χ2v) is 5.41. The Balaban J connectivity index is 2.13. The van der Waals surface area contributed by atoms with E-state index < -0.39 is 0 Å². The molecule has 0 spiro atoms. The number of nitrogens with zero attached hydrogens (tertiary/aromatic N) is 1. The van der Waals surface area contributed by atoms with Crippen molar-refractivity contribution in [3.05, 3.63) is 29.6 Å². The molecule has 1 saturated heterocycles. The third-order valence-electron chi connectivity index (χ3n) is 3.89. The van der Waals surface area contributed by atoms with E-state index >= 15 is 0 Å². The van der Waals surface area contributed by atoms with E-state index in [4.69, 9.17) is 11.6 Å². The maximum atomic E-state index is 13.5. The first-order valence-electron chi connectivity index (χ1n) is 6.83. The summed E-state index contributed by atoms with van der Waals surface area (Å²) in [7, 11) is 0. The topological polar surface area (TPSA) is 3.24 Å². The van der Waals surface area contributed by atoms with Gasteiger partial charge in [-0.1, -0.05) is 13.3 Å². The van der Waals surface area contributed by atoms with Crippen molar-refractivity contribution in [2.24, 2.45) is 5.92 Å². The zero-order chi connectivity index (χ0) is 13.0. The number of rotatable bonds is 3. The Morgan fingerprint density at radius 3 is 2.83 bits per heavy atom. The van der Waals surface area contributed by atoms with Crippen LogP contribution >= 0.6 is 11.6 Å². The highest BCUT2D eigenvalue weighted by atomic mass is 35.5. The number of halogens is 2. The van der Waals surface area contributed by atoms with E-state index in [1.54, 1.807) is 6.07 Å². The molecule has 1 nitrogen and oxygen atoms in total. The van der Waals surface area contributed by atoms with Crippen molar-refractivity contribution in [1.82, 2.24) is 0 Å². The average Bonchev–Trinajstić information content (AvgIpc) is 2.63. The monoisotopic (exact) mass is 269 g/mol. The van der Waals surface area contributed by atoms with Crippen LogP contribution in [0.2, 0.25) is 0 Å². The predicted molar refractivity (Wildman–Crippen MR) is 75.8 cm³/mol. The van der Waals surface area contributed by atoms with Crippen LogP contribution in [0.15, 0.2) is 18.2 Å². The lowest BCUT2D eigenvalue weighted by Crippen LogP contribution is -2.24. The Morgan fingerprint density at radius 1 is 1.28 bits per heavy atom. The lowest BCUT2D eigenvalue weighted by Gasteiger charge is -2.23. The standard InChI is InChI=1S/C15H21ClFN/c1-2-12-4-3-6-18(7-5-12)15-9-13(11-16)8-14(17)10-15/h8-10,12H,2-7,11H2,1H3. The lowest BCUT2D eigenvalue weighted by atomic mass is 9.98. The summed E-state index contributed by atoms with van der Waals surface area (Å²) in [5.74, 6) is 1.02. The van der Waals surface area contributed by atoms with Gasteiger partial charge in [-0.2, -0.15) is 0 Å². The molecular formula is C15H21ClFN. The fourth-order valence-electron chi connectivity index (χ4n) is 2.72. The van der Waals surface area contributed by atoms with Gasteiger partial charge in [-0.25, -0.2) is 4.39 Å². The number of anilines is 1. The number of hydrogen-bond donors (Lipinski definition) is 0. The molecule has 0 N–H and O–H groups in total. The Kier molecular flexibility index (Phi) is 4.87. The van der Waals surface area contributed by atoms with Gasteiger partial charge in [0.25, 0.3) is 0 Å². The summed E-state index contributed by atoms with van der Waals surface area (Å²) in [6, 6.07) is 5.16. The van der Waals surface area contributed by atoms with Gasteiger partial charge in [0.15, 0.2) is 0 Å². The van der Waals surface area contributed by atoms with Crippen molar-refractivity contribution in [2.45, 2.75) is 38.5 Å². The molecule has 2 rings (SSSR count). The predicted octanol–water partition coefficient (Wildman–Crippen LogP) is 4.58. The van der Waals surface area contributed by atoms with Crippen LogP contribution in [0.3, 0.4) is 0 Å². The van der Waals surface area contributed by atoms with E-state index in [1.165, 1.54) is 31.7 Å². The molecule has 0 aliphatic carbocycles. The highest BCUT2D eigenvalue weighted by molar-refractivity contribution is 6.17. The summed E-state index contributed by atoms with van der Waals surface area (Å²) in [5, 5.41) is 0. The van der Waals surface area contributed by atoms with Gasteiger partial charge in [0, 0.05) is 24.7 Å². The molecule has 3 heteroatoms. The number of benzene rings is 1. The van der Waals surface area contributed by atoms with E-state index in [-0.39, 0.29) is 5.82 Å². The van der Waals surface area contributed by atoms with Gasteiger partial charge in [-0.05, 0) is 48.9 Å². The van der Waals surface area contributed by atoms with Gasteiger partial charge >= 0.3 is 0 Å². The van der Waals surface area contributed by atoms with Crippen molar-refractivity contribution in [2.75, 3.05) is 18.0 Å². The van der Waals surface area contributed by atoms with Crippen molar-refractivity contribution >= 4 is 17.3 Å². The molecule has 1 unspecified atom stereocenters. The van der Waals surface area contributed by atoms with Crippen LogP contribution in [-0.4, -0.2) is 13.1 Å². The van der Waals surface area contributed by atoms with Crippen LogP contribution in [0.1, 0.15) is 38.2 Å². The maximum absolute atomic E-state index is 13.5. The quantitative estimate of drug-likeness (QED) is 0.726. The molecule has 0 saturated carbocycles. The number of alkyl halides is 1. The minimum Gasteiger partial charge on any atom is -0.371 e. The highest BCUT2D eigenvalue weighted by Gasteiger charge is 2.16.